The van der Waals surface area contributed by atoms with Gasteiger partial charge in [0.1, 0.15) is 0 Å². The zero-order valence-corrected chi connectivity index (χ0v) is 7.51. The summed E-state index contributed by atoms with van der Waals surface area (Å²) in [6.07, 6.45) is -0.482. The van der Waals surface area contributed by atoms with Gasteiger partial charge >= 0.3 is 5.97 Å². The fraction of sp³-hybridized carbons (Fsp3) is 0.222. The van der Waals surface area contributed by atoms with Crippen LogP contribution >= 0.6 is 0 Å². The third kappa shape index (κ3) is 2.69. The second-order valence-corrected chi connectivity index (χ2v) is 3.00. The Kier molecular flexibility index (Phi) is 3.31. The maximum Gasteiger partial charge on any atom is 0.305 e. The minimum Gasteiger partial charge on any atom is -0.481 e. The molecular formula is C9H8F3NO2. The van der Waals surface area contributed by atoms with Crippen LogP contribution in [0.2, 0.25) is 0 Å². The second kappa shape index (κ2) is 4.31. The molecule has 0 heterocycles. The summed E-state index contributed by atoms with van der Waals surface area (Å²) in [6.45, 7) is 0. The highest BCUT2D eigenvalue weighted by molar-refractivity contribution is 5.67. The lowest BCUT2D eigenvalue weighted by Gasteiger charge is -2.09. The van der Waals surface area contributed by atoms with Crippen molar-refractivity contribution in [1.29, 1.82) is 0 Å². The van der Waals surface area contributed by atoms with E-state index >= 15 is 0 Å². The smallest absolute Gasteiger partial charge is 0.305 e. The summed E-state index contributed by atoms with van der Waals surface area (Å²) in [7, 11) is 0. The second-order valence-electron chi connectivity index (χ2n) is 3.00. The standard InChI is InChI=1S/C9H8F3NO2/c10-5-1-4(2-6(11)9(5)12)7(13)3-8(14)15/h1-2,7H,3,13H2,(H,14,15)/t7-/m1/s1. The molecule has 0 aromatic heterocycles. The summed E-state index contributed by atoms with van der Waals surface area (Å²) < 4.78 is 38.0. The average Bonchev–Trinajstić information content (AvgIpc) is 2.12. The van der Waals surface area contributed by atoms with Gasteiger partial charge in [0.05, 0.1) is 6.42 Å². The van der Waals surface area contributed by atoms with Gasteiger partial charge in [0, 0.05) is 6.04 Å². The highest BCUT2D eigenvalue weighted by Crippen LogP contribution is 2.19. The molecule has 0 spiro atoms. The molecular weight excluding hydrogens is 211 g/mol. The molecule has 1 aromatic rings. The Balaban J connectivity index is 3.00. The molecule has 0 aliphatic carbocycles. The fourth-order valence-corrected chi connectivity index (χ4v) is 1.10. The number of rotatable bonds is 3. The highest BCUT2D eigenvalue weighted by atomic mass is 19.2. The van der Waals surface area contributed by atoms with E-state index < -0.39 is 35.9 Å². The van der Waals surface area contributed by atoms with Gasteiger partial charge in [0.15, 0.2) is 17.5 Å². The molecule has 1 rings (SSSR count). The summed E-state index contributed by atoms with van der Waals surface area (Å²) in [6, 6.07) is 0.310. The number of nitrogens with two attached hydrogens (primary N) is 1. The third-order valence-corrected chi connectivity index (χ3v) is 1.83. The maximum atomic E-state index is 12.7. The Morgan fingerprint density at radius 1 is 1.33 bits per heavy atom. The van der Waals surface area contributed by atoms with Crippen molar-refractivity contribution < 1.29 is 23.1 Å². The van der Waals surface area contributed by atoms with E-state index in [4.69, 9.17) is 10.8 Å². The third-order valence-electron chi connectivity index (χ3n) is 1.83. The van der Waals surface area contributed by atoms with Crippen LogP contribution in [0, 0.1) is 17.5 Å². The predicted molar refractivity (Wildman–Crippen MR) is 45.5 cm³/mol. The molecule has 0 saturated heterocycles. The molecule has 0 amide bonds. The molecule has 6 heteroatoms. The molecule has 0 bridgehead atoms. The van der Waals surface area contributed by atoms with Crippen LogP contribution in [0.4, 0.5) is 13.2 Å². The zero-order valence-electron chi connectivity index (χ0n) is 7.51. The van der Waals surface area contributed by atoms with Crippen molar-refractivity contribution in [3.05, 3.63) is 35.1 Å². The zero-order chi connectivity index (χ0) is 11.6. The predicted octanol–water partition coefficient (Wildman–Crippen LogP) is 1.58. The summed E-state index contributed by atoms with van der Waals surface area (Å²) in [5, 5.41) is 8.40. The first kappa shape index (κ1) is 11.5. The molecule has 0 aliphatic heterocycles. The van der Waals surface area contributed by atoms with E-state index in [1.54, 1.807) is 0 Å². The summed E-state index contributed by atoms with van der Waals surface area (Å²) in [4.78, 5) is 10.3. The minimum atomic E-state index is -1.60. The van der Waals surface area contributed by atoms with Crippen LogP contribution in [0.3, 0.4) is 0 Å². The van der Waals surface area contributed by atoms with Crippen LogP contribution in [-0.2, 0) is 4.79 Å². The van der Waals surface area contributed by atoms with Crippen molar-refractivity contribution in [1.82, 2.24) is 0 Å². The number of carbonyl (C=O) groups is 1. The van der Waals surface area contributed by atoms with E-state index in [1.807, 2.05) is 0 Å². The van der Waals surface area contributed by atoms with Crippen molar-refractivity contribution >= 4 is 5.97 Å². The van der Waals surface area contributed by atoms with E-state index in [2.05, 4.69) is 0 Å². The van der Waals surface area contributed by atoms with Gasteiger partial charge in [-0.3, -0.25) is 4.79 Å². The molecule has 0 aliphatic rings. The van der Waals surface area contributed by atoms with E-state index in [9.17, 15) is 18.0 Å². The molecule has 1 atom stereocenters. The van der Waals surface area contributed by atoms with Crippen molar-refractivity contribution in [2.45, 2.75) is 12.5 Å². The van der Waals surface area contributed by atoms with E-state index in [1.165, 1.54) is 0 Å². The lowest BCUT2D eigenvalue weighted by atomic mass is 10.0. The van der Waals surface area contributed by atoms with Crippen molar-refractivity contribution in [2.24, 2.45) is 5.73 Å². The van der Waals surface area contributed by atoms with Crippen molar-refractivity contribution in [3.63, 3.8) is 0 Å². The molecule has 0 radical (unpaired) electrons. The summed E-state index contributed by atoms with van der Waals surface area (Å²) in [5.41, 5.74) is 5.26. The van der Waals surface area contributed by atoms with Gasteiger partial charge < -0.3 is 10.8 Å². The maximum absolute atomic E-state index is 12.7. The quantitative estimate of drug-likeness (QED) is 0.758. The number of carboxylic acids is 1. The Labute approximate surface area is 83.3 Å². The van der Waals surface area contributed by atoms with Gasteiger partial charge in [-0.25, -0.2) is 13.2 Å². The normalized spacial score (nSPS) is 12.5. The molecule has 0 fully saturated rings. The Morgan fingerprint density at radius 3 is 2.20 bits per heavy atom. The largest absolute Gasteiger partial charge is 0.481 e. The Hall–Kier alpha value is -1.56. The number of benzene rings is 1. The fourth-order valence-electron chi connectivity index (χ4n) is 1.10. The number of carboxylic acid groups (broad SMARTS) is 1. The topological polar surface area (TPSA) is 63.3 Å². The minimum absolute atomic E-state index is 0.0891. The first-order chi connectivity index (χ1) is 6.91. The van der Waals surface area contributed by atoms with Crippen LogP contribution in [-0.4, -0.2) is 11.1 Å². The molecule has 15 heavy (non-hydrogen) atoms. The Morgan fingerprint density at radius 2 is 1.80 bits per heavy atom. The van der Waals surface area contributed by atoms with Crippen LogP contribution in [0.15, 0.2) is 12.1 Å². The SMILES string of the molecule is N[C@H](CC(=O)O)c1cc(F)c(F)c(F)c1. The lowest BCUT2D eigenvalue weighted by Crippen LogP contribution is -2.15. The number of hydrogen-bond acceptors (Lipinski definition) is 2. The first-order valence-corrected chi connectivity index (χ1v) is 4.03. The molecule has 82 valence electrons. The molecule has 3 N–H and O–H groups in total. The van der Waals surface area contributed by atoms with Gasteiger partial charge in [-0.2, -0.15) is 0 Å². The average molecular weight is 219 g/mol. The van der Waals surface area contributed by atoms with Crippen LogP contribution in [0.5, 0.6) is 0 Å². The van der Waals surface area contributed by atoms with Gasteiger partial charge in [-0.05, 0) is 17.7 Å². The van der Waals surface area contributed by atoms with Crippen LogP contribution in [0.25, 0.3) is 0 Å². The molecule has 0 saturated carbocycles. The van der Waals surface area contributed by atoms with E-state index in [0.717, 1.165) is 0 Å². The van der Waals surface area contributed by atoms with Crippen LogP contribution in [0.1, 0.15) is 18.0 Å². The van der Waals surface area contributed by atoms with Gasteiger partial charge in [-0.1, -0.05) is 0 Å². The monoisotopic (exact) mass is 219 g/mol. The van der Waals surface area contributed by atoms with Gasteiger partial charge in [0.2, 0.25) is 0 Å². The highest BCUT2D eigenvalue weighted by Gasteiger charge is 2.16. The summed E-state index contributed by atoms with van der Waals surface area (Å²) in [5.74, 6) is -5.56. The Bertz CT molecular complexity index is 372. The van der Waals surface area contributed by atoms with Crippen molar-refractivity contribution in [2.75, 3.05) is 0 Å². The van der Waals surface area contributed by atoms with E-state index in [-0.39, 0.29) is 5.56 Å². The molecule has 1 aromatic carbocycles. The lowest BCUT2D eigenvalue weighted by molar-refractivity contribution is -0.137. The number of hydrogen-bond donors (Lipinski definition) is 2. The van der Waals surface area contributed by atoms with Crippen LogP contribution < -0.4 is 5.73 Å². The van der Waals surface area contributed by atoms with Gasteiger partial charge in [-0.15, -0.1) is 0 Å². The van der Waals surface area contributed by atoms with E-state index in [0.29, 0.717) is 12.1 Å². The molecule has 0 unspecified atom stereocenters. The summed E-state index contributed by atoms with van der Waals surface area (Å²) >= 11 is 0. The number of halogens is 3. The van der Waals surface area contributed by atoms with Crippen molar-refractivity contribution in [3.8, 4) is 0 Å². The van der Waals surface area contributed by atoms with Gasteiger partial charge in [0.25, 0.3) is 0 Å². The molecule has 3 nitrogen and oxygen atoms in total. The first-order valence-electron chi connectivity index (χ1n) is 4.03. The number of aliphatic carboxylic acids is 1.